The van der Waals surface area contributed by atoms with Crippen molar-refractivity contribution in [1.29, 1.82) is 0 Å². The molecule has 0 saturated carbocycles. The van der Waals surface area contributed by atoms with Gasteiger partial charge in [-0.3, -0.25) is 4.79 Å². The van der Waals surface area contributed by atoms with Crippen molar-refractivity contribution in [3.8, 4) is 0 Å². The van der Waals surface area contributed by atoms with E-state index in [1.54, 1.807) is 0 Å². The summed E-state index contributed by atoms with van der Waals surface area (Å²) in [6.07, 6.45) is 0.843. The van der Waals surface area contributed by atoms with Crippen molar-refractivity contribution in [3.63, 3.8) is 0 Å². The Hall–Kier alpha value is -0.650. The summed E-state index contributed by atoms with van der Waals surface area (Å²) >= 11 is 0. The van der Waals surface area contributed by atoms with Crippen LogP contribution in [0.1, 0.15) is 27.2 Å². The molecule has 0 bridgehead atoms. The first kappa shape index (κ1) is 16.4. The number of ether oxygens (including phenoxy) is 1. The zero-order valence-electron chi connectivity index (χ0n) is 11.2. The SMILES string of the molecule is CCN(CC)C(=O)C(C)NCCCOCCO. The van der Waals surface area contributed by atoms with Crippen LogP contribution in [0.4, 0.5) is 0 Å². The Morgan fingerprint density at radius 2 is 2.00 bits per heavy atom. The highest BCUT2D eigenvalue weighted by molar-refractivity contribution is 5.81. The van der Waals surface area contributed by atoms with Gasteiger partial charge in [0, 0.05) is 19.7 Å². The number of aliphatic hydroxyl groups excluding tert-OH is 1. The Labute approximate surface area is 104 Å². The van der Waals surface area contributed by atoms with Crippen LogP contribution in [0, 0.1) is 0 Å². The molecule has 0 aromatic carbocycles. The predicted molar refractivity (Wildman–Crippen MR) is 67.9 cm³/mol. The first-order valence-electron chi connectivity index (χ1n) is 6.38. The first-order chi connectivity index (χ1) is 8.17. The quantitative estimate of drug-likeness (QED) is 0.542. The molecule has 1 unspecified atom stereocenters. The Balaban J connectivity index is 3.63. The molecule has 0 radical (unpaired) electrons. The fourth-order valence-corrected chi connectivity index (χ4v) is 1.56. The van der Waals surface area contributed by atoms with Crippen molar-refractivity contribution in [2.45, 2.75) is 33.2 Å². The molecule has 0 saturated heterocycles. The zero-order chi connectivity index (χ0) is 13.1. The van der Waals surface area contributed by atoms with Gasteiger partial charge in [-0.15, -0.1) is 0 Å². The van der Waals surface area contributed by atoms with Gasteiger partial charge < -0.3 is 20.1 Å². The van der Waals surface area contributed by atoms with Crippen LogP contribution in [0.5, 0.6) is 0 Å². The fraction of sp³-hybridized carbons (Fsp3) is 0.917. The minimum absolute atomic E-state index is 0.0598. The Morgan fingerprint density at radius 1 is 1.35 bits per heavy atom. The molecule has 0 aliphatic heterocycles. The third-order valence-electron chi connectivity index (χ3n) is 2.60. The molecule has 0 spiro atoms. The van der Waals surface area contributed by atoms with E-state index in [-0.39, 0.29) is 18.6 Å². The number of nitrogens with zero attached hydrogens (tertiary/aromatic N) is 1. The normalized spacial score (nSPS) is 12.5. The lowest BCUT2D eigenvalue weighted by Gasteiger charge is -2.23. The molecule has 0 heterocycles. The summed E-state index contributed by atoms with van der Waals surface area (Å²) in [7, 11) is 0. The largest absolute Gasteiger partial charge is 0.394 e. The average molecular weight is 246 g/mol. The van der Waals surface area contributed by atoms with Crippen LogP contribution in [0.15, 0.2) is 0 Å². The minimum Gasteiger partial charge on any atom is -0.394 e. The molecule has 5 heteroatoms. The van der Waals surface area contributed by atoms with Crippen LogP contribution in [0.3, 0.4) is 0 Å². The molecule has 1 atom stereocenters. The van der Waals surface area contributed by atoms with Crippen molar-refractivity contribution in [2.75, 3.05) is 39.5 Å². The van der Waals surface area contributed by atoms with Crippen LogP contribution in [-0.2, 0) is 9.53 Å². The van der Waals surface area contributed by atoms with E-state index >= 15 is 0 Å². The maximum Gasteiger partial charge on any atom is 0.239 e. The number of likely N-dealkylation sites (N-methyl/N-ethyl adjacent to an activating group) is 1. The van der Waals surface area contributed by atoms with Crippen LogP contribution in [0.2, 0.25) is 0 Å². The summed E-state index contributed by atoms with van der Waals surface area (Å²) in [5.74, 6) is 0.145. The number of hydrogen-bond acceptors (Lipinski definition) is 4. The van der Waals surface area contributed by atoms with E-state index < -0.39 is 0 Å². The minimum atomic E-state index is -0.146. The van der Waals surface area contributed by atoms with E-state index in [0.717, 1.165) is 26.1 Å². The summed E-state index contributed by atoms with van der Waals surface area (Å²) in [4.78, 5) is 13.7. The second kappa shape index (κ2) is 10.5. The number of carbonyl (C=O) groups is 1. The van der Waals surface area contributed by atoms with Gasteiger partial charge in [-0.25, -0.2) is 0 Å². The molecule has 0 aromatic rings. The van der Waals surface area contributed by atoms with E-state index in [2.05, 4.69) is 5.32 Å². The van der Waals surface area contributed by atoms with Crippen molar-refractivity contribution >= 4 is 5.91 Å². The lowest BCUT2D eigenvalue weighted by Crippen LogP contribution is -2.45. The second-order valence-electron chi connectivity index (χ2n) is 3.88. The standard InChI is InChI=1S/C12H26N2O3/c1-4-14(5-2)12(16)11(3)13-7-6-9-17-10-8-15/h11,13,15H,4-10H2,1-3H3. The van der Waals surface area contributed by atoms with Gasteiger partial charge in [0.25, 0.3) is 0 Å². The molecule has 0 aliphatic carbocycles. The Morgan fingerprint density at radius 3 is 2.53 bits per heavy atom. The molecule has 0 fully saturated rings. The van der Waals surface area contributed by atoms with Crippen molar-refractivity contribution in [2.24, 2.45) is 0 Å². The molecular weight excluding hydrogens is 220 g/mol. The summed E-state index contributed by atoms with van der Waals surface area (Å²) in [5, 5.41) is 11.7. The predicted octanol–water partition coefficient (Wildman–Crippen LogP) is 0.232. The molecule has 17 heavy (non-hydrogen) atoms. The van der Waals surface area contributed by atoms with Crippen LogP contribution in [-0.4, -0.2) is 61.4 Å². The van der Waals surface area contributed by atoms with Crippen molar-refractivity contribution < 1.29 is 14.6 Å². The van der Waals surface area contributed by atoms with Gasteiger partial charge in [0.2, 0.25) is 5.91 Å². The van der Waals surface area contributed by atoms with Gasteiger partial charge in [0.15, 0.2) is 0 Å². The molecule has 5 nitrogen and oxygen atoms in total. The number of amides is 1. The zero-order valence-corrected chi connectivity index (χ0v) is 11.2. The van der Waals surface area contributed by atoms with Crippen LogP contribution in [0.25, 0.3) is 0 Å². The Bertz CT molecular complexity index is 196. The van der Waals surface area contributed by atoms with E-state index in [1.165, 1.54) is 0 Å². The summed E-state index contributed by atoms with van der Waals surface area (Å²) in [5.41, 5.74) is 0. The van der Waals surface area contributed by atoms with Gasteiger partial charge in [-0.2, -0.15) is 0 Å². The van der Waals surface area contributed by atoms with Crippen molar-refractivity contribution in [1.82, 2.24) is 10.2 Å². The van der Waals surface area contributed by atoms with Gasteiger partial charge in [0.1, 0.15) is 0 Å². The van der Waals surface area contributed by atoms with E-state index in [9.17, 15) is 4.79 Å². The maximum absolute atomic E-state index is 11.9. The topological polar surface area (TPSA) is 61.8 Å². The highest BCUT2D eigenvalue weighted by Crippen LogP contribution is 1.95. The highest BCUT2D eigenvalue weighted by atomic mass is 16.5. The van der Waals surface area contributed by atoms with Gasteiger partial charge >= 0.3 is 0 Å². The fourth-order valence-electron chi connectivity index (χ4n) is 1.56. The van der Waals surface area contributed by atoms with Crippen LogP contribution >= 0.6 is 0 Å². The lowest BCUT2D eigenvalue weighted by molar-refractivity contribution is -0.132. The number of nitrogens with one attached hydrogen (secondary N) is 1. The number of hydrogen-bond donors (Lipinski definition) is 2. The third kappa shape index (κ3) is 7.31. The number of rotatable bonds is 10. The Kier molecular flexibility index (Phi) is 10.1. The molecule has 102 valence electrons. The second-order valence-corrected chi connectivity index (χ2v) is 3.88. The molecule has 0 rings (SSSR count). The summed E-state index contributed by atoms with van der Waals surface area (Å²) < 4.78 is 5.13. The first-order valence-corrected chi connectivity index (χ1v) is 6.38. The number of aliphatic hydroxyl groups is 1. The average Bonchev–Trinajstić information content (AvgIpc) is 2.34. The van der Waals surface area contributed by atoms with E-state index in [0.29, 0.717) is 13.2 Å². The van der Waals surface area contributed by atoms with E-state index in [4.69, 9.17) is 9.84 Å². The lowest BCUT2D eigenvalue weighted by atomic mass is 10.2. The monoisotopic (exact) mass is 246 g/mol. The smallest absolute Gasteiger partial charge is 0.239 e. The van der Waals surface area contributed by atoms with Gasteiger partial charge in [-0.05, 0) is 33.7 Å². The molecule has 0 aliphatic rings. The third-order valence-corrected chi connectivity index (χ3v) is 2.60. The van der Waals surface area contributed by atoms with Gasteiger partial charge in [0.05, 0.1) is 19.3 Å². The van der Waals surface area contributed by atoms with Crippen molar-refractivity contribution in [3.05, 3.63) is 0 Å². The van der Waals surface area contributed by atoms with Crippen LogP contribution < -0.4 is 5.32 Å². The van der Waals surface area contributed by atoms with E-state index in [1.807, 2.05) is 25.7 Å². The molecule has 1 amide bonds. The summed E-state index contributed by atoms with van der Waals surface area (Å²) in [6.45, 7) is 9.16. The molecule has 2 N–H and O–H groups in total. The van der Waals surface area contributed by atoms with Gasteiger partial charge in [-0.1, -0.05) is 0 Å². The number of carbonyl (C=O) groups excluding carboxylic acids is 1. The maximum atomic E-state index is 11.9. The summed E-state index contributed by atoms with van der Waals surface area (Å²) in [6, 6.07) is -0.146. The molecular formula is C12H26N2O3. The highest BCUT2D eigenvalue weighted by Gasteiger charge is 2.16. The molecule has 0 aromatic heterocycles.